The summed E-state index contributed by atoms with van der Waals surface area (Å²) in [5.74, 6) is 0. The minimum absolute atomic E-state index is 0.0376. The van der Waals surface area contributed by atoms with E-state index in [0.29, 0.717) is 5.56 Å². The fraction of sp³-hybridized carbons (Fsp3) is 0.0625. The average molecular weight is 346 g/mol. The maximum Gasteiger partial charge on any atom is 0.269 e. The largest absolute Gasteiger partial charge is 0.319 e. The lowest BCUT2D eigenvalue weighted by atomic mass is 10.2. The second kappa shape index (κ2) is 7.05. The second-order valence-corrected chi connectivity index (χ2v) is 6.85. The molecular formula is C16H14N2O5S. The van der Waals surface area contributed by atoms with Gasteiger partial charge in [0.05, 0.1) is 9.82 Å². The Morgan fingerprint density at radius 3 is 2.17 bits per heavy atom. The number of aryl methyl sites for hydroxylation is 1. The highest BCUT2D eigenvalue weighted by atomic mass is 32.2. The van der Waals surface area contributed by atoms with Crippen LogP contribution < -0.4 is 5.32 Å². The molecule has 0 aliphatic carbocycles. The summed E-state index contributed by atoms with van der Waals surface area (Å²) in [4.78, 5) is 20.9. The summed E-state index contributed by atoms with van der Waals surface area (Å²) in [5.41, 5.74) is 1.19. The van der Waals surface area contributed by atoms with Crippen LogP contribution >= 0.6 is 0 Å². The Balaban J connectivity index is 2.45. The molecule has 2 aromatic carbocycles. The van der Waals surface area contributed by atoms with E-state index >= 15 is 0 Å². The first-order valence-electron chi connectivity index (χ1n) is 6.82. The van der Waals surface area contributed by atoms with Gasteiger partial charge in [-0.05, 0) is 42.8 Å². The number of nitro groups is 1. The van der Waals surface area contributed by atoms with Crippen LogP contribution in [0.5, 0.6) is 0 Å². The van der Waals surface area contributed by atoms with Crippen molar-refractivity contribution < 1.29 is 18.1 Å². The Kier molecular flexibility index (Phi) is 5.10. The van der Waals surface area contributed by atoms with Crippen molar-refractivity contribution >= 4 is 28.0 Å². The zero-order chi connectivity index (χ0) is 17.7. The molecule has 0 radical (unpaired) electrons. The highest BCUT2D eigenvalue weighted by molar-refractivity contribution is 7.95. The molecule has 0 saturated heterocycles. The average Bonchev–Trinajstić information content (AvgIpc) is 2.55. The Labute approximate surface area is 138 Å². The number of nitrogens with zero attached hydrogens (tertiary/aromatic N) is 1. The monoisotopic (exact) mass is 346 g/mol. The van der Waals surface area contributed by atoms with Crippen LogP contribution in [0, 0.1) is 17.0 Å². The molecule has 0 saturated carbocycles. The molecule has 0 aromatic heterocycles. The topological polar surface area (TPSA) is 106 Å². The molecule has 0 atom stereocenters. The minimum atomic E-state index is -3.92. The van der Waals surface area contributed by atoms with Gasteiger partial charge < -0.3 is 5.32 Å². The van der Waals surface area contributed by atoms with Crippen LogP contribution in [0.4, 0.5) is 5.69 Å². The predicted octanol–water partition coefficient (Wildman–Crippen LogP) is 2.42. The van der Waals surface area contributed by atoms with Crippen LogP contribution in [0.3, 0.4) is 0 Å². The lowest BCUT2D eigenvalue weighted by Crippen LogP contribution is -2.19. The van der Waals surface area contributed by atoms with Gasteiger partial charge in [-0.15, -0.1) is 0 Å². The van der Waals surface area contributed by atoms with E-state index in [1.807, 2.05) is 6.92 Å². The van der Waals surface area contributed by atoms with Gasteiger partial charge in [-0.1, -0.05) is 17.7 Å². The van der Waals surface area contributed by atoms with E-state index in [4.69, 9.17) is 0 Å². The summed E-state index contributed by atoms with van der Waals surface area (Å²) >= 11 is 0. The normalized spacial score (nSPS) is 11.8. The quantitative estimate of drug-likeness (QED) is 0.491. The van der Waals surface area contributed by atoms with E-state index < -0.39 is 14.8 Å². The van der Waals surface area contributed by atoms with Gasteiger partial charge in [0.1, 0.15) is 5.03 Å². The third-order valence-corrected chi connectivity index (χ3v) is 4.93. The van der Waals surface area contributed by atoms with E-state index in [1.54, 1.807) is 12.1 Å². The summed E-state index contributed by atoms with van der Waals surface area (Å²) in [6.45, 7) is 1.83. The van der Waals surface area contributed by atoms with Crippen LogP contribution in [0.2, 0.25) is 0 Å². The zero-order valence-corrected chi connectivity index (χ0v) is 13.5. The van der Waals surface area contributed by atoms with Crippen LogP contribution in [0.15, 0.2) is 58.5 Å². The number of sulfone groups is 1. The molecule has 0 bridgehead atoms. The summed E-state index contributed by atoms with van der Waals surface area (Å²) in [5, 5.41) is 12.5. The Morgan fingerprint density at radius 2 is 1.67 bits per heavy atom. The molecule has 8 heteroatoms. The number of nitrogens with one attached hydrogen (secondary N) is 1. The number of carbonyl (C=O) groups excluding carboxylic acids is 1. The number of hydrogen-bond acceptors (Lipinski definition) is 5. The fourth-order valence-corrected chi connectivity index (χ4v) is 3.19. The Morgan fingerprint density at radius 1 is 1.08 bits per heavy atom. The number of carbonyl (C=O) groups is 1. The van der Waals surface area contributed by atoms with Gasteiger partial charge >= 0.3 is 0 Å². The number of hydrogen-bond donors (Lipinski definition) is 1. The molecule has 0 unspecified atom stereocenters. The van der Waals surface area contributed by atoms with Gasteiger partial charge in [-0.25, -0.2) is 8.42 Å². The van der Waals surface area contributed by atoms with Crippen molar-refractivity contribution in [2.45, 2.75) is 11.8 Å². The Hall–Kier alpha value is -3.00. The van der Waals surface area contributed by atoms with Gasteiger partial charge in [0.15, 0.2) is 0 Å². The molecule has 2 aromatic rings. The van der Waals surface area contributed by atoms with Gasteiger partial charge in [-0.3, -0.25) is 14.9 Å². The first kappa shape index (κ1) is 17.4. The van der Waals surface area contributed by atoms with Gasteiger partial charge in [0, 0.05) is 12.1 Å². The van der Waals surface area contributed by atoms with Crippen LogP contribution in [-0.4, -0.2) is 19.8 Å². The van der Waals surface area contributed by atoms with E-state index in [9.17, 15) is 23.3 Å². The molecule has 124 valence electrons. The van der Waals surface area contributed by atoms with Gasteiger partial charge in [-0.2, -0.15) is 0 Å². The molecule has 0 spiro atoms. The van der Waals surface area contributed by atoms with Crippen molar-refractivity contribution in [2.24, 2.45) is 0 Å². The van der Waals surface area contributed by atoms with Crippen LogP contribution in [0.25, 0.3) is 6.08 Å². The van der Waals surface area contributed by atoms with Crippen molar-refractivity contribution in [2.75, 3.05) is 0 Å². The third kappa shape index (κ3) is 3.85. The highest BCUT2D eigenvalue weighted by Crippen LogP contribution is 2.21. The molecule has 0 aliphatic heterocycles. The molecule has 0 fully saturated rings. The maximum absolute atomic E-state index is 12.6. The van der Waals surface area contributed by atoms with Crippen molar-refractivity contribution in [1.82, 2.24) is 5.32 Å². The molecule has 0 aliphatic rings. The second-order valence-electron chi connectivity index (χ2n) is 4.94. The third-order valence-electron chi connectivity index (χ3n) is 3.22. The van der Waals surface area contributed by atoms with Gasteiger partial charge in [0.25, 0.3) is 5.69 Å². The Bertz CT molecular complexity index is 885. The molecule has 24 heavy (non-hydrogen) atoms. The fourth-order valence-electron chi connectivity index (χ4n) is 1.94. The highest BCUT2D eigenvalue weighted by Gasteiger charge is 2.20. The van der Waals surface area contributed by atoms with E-state index in [-0.39, 0.29) is 22.0 Å². The molecule has 1 N–H and O–H groups in total. The summed E-state index contributed by atoms with van der Waals surface area (Å²) in [7, 11) is -3.92. The standard InChI is InChI=1S/C16H14N2O5S/c1-12-2-8-15(9-3-12)24(22,23)16(17-11-19)10-13-4-6-14(7-5-13)18(20)21/h2-11H,1H3,(H,17,19)/b16-10-. The van der Waals surface area contributed by atoms with Crippen molar-refractivity contribution in [1.29, 1.82) is 0 Å². The first-order chi connectivity index (χ1) is 11.3. The molecule has 7 nitrogen and oxygen atoms in total. The summed E-state index contributed by atoms with van der Waals surface area (Å²) < 4.78 is 25.2. The van der Waals surface area contributed by atoms with Crippen molar-refractivity contribution in [3.63, 3.8) is 0 Å². The van der Waals surface area contributed by atoms with Crippen LogP contribution in [0.1, 0.15) is 11.1 Å². The van der Waals surface area contributed by atoms with E-state index in [0.717, 1.165) is 5.56 Å². The SMILES string of the molecule is Cc1ccc(S(=O)(=O)/C(=C\c2ccc([N+](=O)[O-])cc2)NC=O)cc1. The lowest BCUT2D eigenvalue weighted by Gasteiger charge is -2.08. The van der Waals surface area contributed by atoms with E-state index in [1.165, 1.54) is 42.5 Å². The predicted molar refractivity (Wildman–Crippen MR) is 88.6 cm³/mol. The molecule has 0 heterocycles. The van der Waals surface area contributed by atoms with Crippen molar-refractivity contribution in [3.05, 3.63) is 74.8 Å². The number of rotatable bonds is 6. The van der Waals surface area contributed by atoms with Gasteiger partial charge in [0.2, 0.25) is 16.2 Å². The number of benzene rings is 2. The lowest BCUT2D eigenvalue weighted by molar-refractivity contribution is -0.384. The van der Waals surface area contributed by atoms with Crippen molar-refractivity contribution in [3.8, 4) is 0 Å². The van der Waals surface area contributed by atoms with E-state index in [2.05, 4.69) is 5.32 Å². The molecule has 1 amide bonds. The number of amides is 1. The smallest absolute Gasteiger partial charge is 0.269 e. The summed E-state index contributed by atoms with van der Waals surface area (Å²) in [6, 6.07) is 11.5. The summed E-state index contributed by atoms with van der Waals surface area (Å²) in [6.07, 6.45) is 1.51. The first-order valence-corrected chi connectivity index (χ1v) is 8.31. The molecular weight excluding hydrogens is 332 g/mol. The number of non-ortho nitro benzene ring substituents is 1. The number of nitro benzene ring substituents is 1. The zero-order valence-electron chi connectivity index (χ0n) is 12.7. The van der Waals surface area contributed by atoms with Crippen LogP contribution in [-0.2, 0) is 14.6 Å². The minimum Gasteiger partial charge on any atom is -0.319 e. The maximum atomic E-state index is 12.6. The molecule has 2 rings (SSSR count).